The van der Waals surface area contributed by atoms with E-state index in [-0.39, 0.29) is 12.7 Å². The van der Waals surface area contributed by atoms with Crippen molar-refractivity contribution in [3.8, 4) is 11.5 Å². The number of amides is 1. The summed E-state index contributed by atoms with van der Waals surface area (Å²) in [5.74, 6) is 1.47. The van der Waals surface area contributed by atoms with Gasteiger partial charge in [0.2, 0.25) is 6.79 Å². The third-order valence-corrected chi connectivity index (χ3v) is 3.40. The fourth-order valence-electron chi connectivity index (χ4n) is 2.17. The lowest BCUT2D eigenvalue weighted by molar-refractivity contribution is 0.0951. The molecule has 1 aromatic carbocycles. The summed E-state index contributed by atoms with van der Waals surface area (Å²) >= 11 is 0. The molecule has 2 heterocycles. The largest absolute Gasteiger partial charge is 0.454 e. The number of aryl methyl sites for hydroxylation is 2. The number of carbonyl (C=O) groups excluding carboxylic acids is 1. The van der Waals surface area contributed by atoms with Gasteiger partial charge >= 0.3 is 0 Å². The minimum atomic E-state index is -0.286. The van der Waals surface area contributed by atoms with Crippen molar-refractivity contribution in [2.24, 2.45) is 0 Å². The van der Waals surface area contributed by atoms with Crippen LogP contribution in [-0.4, -0.2) is 17.9 Å². The number of fused-ring (bicyclic) bond motifs is 1. The molecule has 1 amide bonds. The maximum absolute atomic E-state index is 12.2. The smallest absolute Gasteiger partial charge is 0.253 e. The predicted octanol–water partition coefficient (Wildman–Crippen LogP) is 1.53. The van der Waals surface area contributed by atoms with Crippen LogP contribution < -0.4 is 20.5 Å². The number of ether oxygens (including phenoxy) is 2. The molecule has 21 heavy (non-hydrogen) atoms. The molecule has 2 aromatic rings. The number of hydrogen-bond donors (Lipinski definition) is 2. The van der Waals surface area contributed by atoms with Crippen molar-refractivity contribution in [1.82, 2.24) is 10.5 Å². The Hall–Kier alpha value is -2.70. The molecule has 3 N–H and O–H groups in total. The van der Waals surface area contributed by atoms with Gasteiger partial charge in [0.15, 0.2) is 11.5 Å². The quantitative estimate of drug-likeness (QED) is 0.831. The Labute approximate surface area is 121 Å². The summed E-state index contributed by atoms with van der Waals surface area (Å²) in [4.78, 5) is 12.2. The first-order chi connectivity index (χ1) is 10.1. The highest BCUT2D eigenvalue weighted by Crippen LogP contribution is 2.35. The first kappa shape index (κ1) is 13.3. The van der Waals surface area contributed by atoms with Crippen molar-refractivity contribution in [2.75, 3.05) is 12.5 Å². The number of hydrogen-bond acceptors (Lipinski definition) is 6. The number of anilines is 1. The van der Waals surface area contributed by atoms with E-state index in [4.69, 9.17) is 19.7 Å². The van der Waals surface area contributed by atoms with Gasteiger partial charge in [-0.2, -0.15) is 0 Å². The van der Waals surface area contributed by atoms with Gasteiger partial charge in [0.05, 0.1) is 11.3 Å². The van der Waals surface area contributed by atoms with Crippen LogP contribution in [0.1, 0.15) is 27.4 Å². The minimum absolute atomic E-state index is 0.138. The molecule has 0 unspecified atom stereocenters. The van der Waals surface area contributed by atoms with E-state index >= 15 is 0 Å². The van der Waals surface area contributed by atoms with E-state index in [1.807, 2.05) is 6.92 Å². The second-order valence-corrected chi connectivity index (χ2v) is 4.78. The predicted molar refractivity (Wildman–Crippen MR) is 74.1 cm³/mol. The van der Waals surface area contributed by atoms with E-state index < -0.39 is 0 Å². The number of carbonyl (C=O) groups is 1. The lowest BCUT2D eigenvalue weighted by atomic mass is 10.1. The van der Waals surface area contributed by atoms with E-state index in [9.17, 15) is 4.79 Å². The van der Waals surface area contributed by atoms with Crippen molar-refractivity contribution in [3.05, 3.63) is 34.7 Å². The second kappa shape index (κ2) is 5.01. The van der Waals surface area contributed by atoms with E-state index in [1.165, 1.54) is 0 Å². The van der Waals surface area contributed by atoms with Crippen LogP contribution >= 0.6 is 0 Å². The average Bonchev–Trinajstić information content (AvgIpc) is 3.02. The van der Waals surface area contributed by atoms with Gasteiger partial charge in [-0.3, -0.25) is 4.79 Å². The standard InChI is InChI=1S/C14H15N3O4/c1-7-10(8(2)21-17-7)5-16-14(18)9-3-12-13(4-11(9)15)20-6-19-12/h3-4H,5-6,15H2,1-2H3,(H,16,18). The molecular weight excluding hydrogens is 274 g/mol. The molecule has 0 saturated carbocycles. The van der Waals surface area contributed by atoms with Crippen LogP contribution in [0.4, 0.5) is 5.69 Å². The molecular formula is C14H15N3O4. The van der Waals surface area contributed by atoms with Gasteiger partial charge in [-0.05, 0) is 19.9 Å². The van der Waals surface area contributed by atoms with Crippen LogP contribution in [0, 0.1) is 13.8 Å². The van der Waals surface area contributed by atoms with Gasteiger partial charge in [0.25, 0.3) is 5.91 Å². The third-order valence-electron chi connectivity index (χ3n) is 3.40. The number of nitrogens with two attached hydrogens (primary N) is 1. The molecule has 3 rings (SSSR count). The molecule has 110 valence electrons. The molecule has 0 radical (unpaired) electrons. The summed E-state index contributed by atoms with van der Waals surface area (Å²) in [6, 6.07) is 3.17. The Morgan fingerprint density at radius 1 is 1.33 bits per heavy atom. The summed E-state index contributed by atoms with van der Waals surface area (Å²) in [5.41, 5.74) is 8.19. The van der Waals surface area contributed by atoms with E-state index in [0.29, 0.717) is 35.1 Å². The van der Waals surface area contributed by atoms with Gasteiger partial charge < -0.3 is 25.0 Å². The molecule has 7 heteroatoms. The van der Waals surface area contributed by atoms with Crippen LogP contribution in [-0.2, 0) is 6.54 Å². The normalized spacial score (nSPS) is 12.5. The second-order valence-electron chi connectivity index (χ2n) is 4.78. The highest BCUT2D eigenvalue weighted by Gasteiger charge is 2.20. The minimum Gasteiger partial charge on any atom is -0.454 e. The van der Waals surface area contributed by atoms with Gasteiger partial charge in [-0.25, -0.2) is 0 Å². The van der Waals surface area contributed by atoms with Gasteiger partial charge in [-0.1, -0.05) is 5.16 Å². The number of nitrogen functional groups attached to an aromatic ring is 1. The van der Waals surface area contributed by atoms with Crippen LogP contribution in [0.25, 0.3) is 0 Å². The summed E-state index contributed by atoms with van der Waals surface area (Å²) in [6.45, 7) is 4.09. The van der Waals surface area contributed by atoms with Crippen molar-refractivity contribution in [1.29, 1.82) is 0 Å². The Morgan fingerprint density at radius 3 is 2.71 bits per heavy atom. The zero-order valence-electron chi connectivity index (χ0n) is 11.7. The molecule has 0 atom stereocenters. The number of aromatic nitrogens is 1. The van der Waals surface area contributed by atoms with E-state index in [2.05, 4.69) is 10.5 Å². The van der Waals surface area contributed by atoms with Crippen molar-refractivity contribution in [3.63, 3.8) is 0 Å². The molecule has 0 saturated heterocycles. The highest BCUT2D eigenvalue weighted by atomic mass is 16.7. The Balaban J connectivity index is 1.77. The zero-order chi connectivity index (χ0) is 15.0. The fraction of sp³-hybridized carbons (Fsp3) is 0.286. The number of rotatable bonds is 3. The highest BCUT2D eigenvalue weighted by molar-refractivity contribution is 6.00. The van der Waals surface area contributed by atoms with Crippen molar-refractivity contribution in [2.45, 2.75) is 20.4 Å². The summed E-state index contributed by atoms with van der Waals surface area (Å²) < 4.78 is 15.5. The third kappa shape index (κ3) is 2.37. The SMILES string of the molecule is Cc1noc(C)c1CNC(=O)c1cc2c(cc1N)OCO2. The molecule has 1 aliphatic rings. The average molecular weight is 289 g/mol. The molecule has 0 spiro atoms. The van der Waals surface area contributed by atoms with Gasteiger partial charge in [0.1, 0.15) is 5.76 Å². The molecule has 7 nitrogen and oxygen atoms in total. The lowest BCUT2D eigenvalue weighted by Gasteiger charge is -2.08. The molecule has 0 aliphatic carbocycles. The molecule has 0 bridgehead atoms. The Kier molecular flexibility index (Phi) is 3.17. The topological polar surface area (TPSA) is 99.6 Å². The van der Waals surface area contributed by atoms with E-state index in [1.54, 1.807) is 19.1 Å². The lowest BCUT2D eigenvalue weighted by Crippen LogP contribution is -2.24. The van der Waals surface area contributed by atoms with Crippen LogP contribution in [0.2, 0.25) is 0 Å². The zero-order valence-corrected chi connectivity index (χ0v) is 11.7. The van der Waals surface area contributed by atoms with Crippen LogP contribution in [0.15, 0.2) is 16.7 Å². The number of benzene rings is 1. The van der Waals surface area contributed by atoms with Crippen LogP contribution in [0.3, 0.4) is 0 Å². The number of nitrogens with one attached hydrogen (secondary N) is 1. The monoisotopic (exact) mass is 289 g/mol. The molecule has 1 aliphatic heterocycles. The maximum Gasteiger partial charge on any atom is 0.253 e. The summed E-state index contributed by atoms with van der Waals surface area (Å²) in [7, 11) is 0. The summed E-state index contributed by atoms with van der Waals surface area (Å²) in [5, 5.41) is 6.64. The van der Waals surface area contributed by atoms with Gasteiger partial charge in [-0.15, -0.1) is 0 Å². The number of nitrogens with zero attached hydrogens (tertiary/aromatic N) is 1. The van der Waals surface area contributed by atoms with Gasteiger partial charge in [0, 0.05) is 23.9 Å². The van der Waals surface area contributed by atoms with Crippen molar-refractivity contribution < 1.29 is 18.8 Å². The Bertz CT molecular complexity index is 689. The molecule has 0 fully saturated rings. The first-order valence-electron chi connectivity index (χ1n) is 6.45. The maximum atomic E-state index is 12.2. The molecule has 1 aromatic heterocycles. The van der Waals surface area contributed by atoms with E-state index in [0.717, 1.165) is 11.3 Å². The van der Waals surface area contributed by atoms with Crippen LogP contribution in [0.5, 0.6) is 11.5 Å². The first-order valence-corrected chi connectivity index (χ1v) is 6.45. The summed E-state index contributed by atoms with van der Waals surface area (Å²) in [6.07, 6.45) is 0. The Morgan fingerprint density at radius 2 is 2.05 bits per heavy atom. The fourth-order valence-corrected chi connectivity index (χ4v) is 2.17. The van der Waals surface area contributed by atoms with Crippen molar-refractivity contribution >= 4 is 11.6 Å².